The number of nitrogens with zero attached hydrogens (tertiary/aromatic N) is 3. The van der Waals surface area contributed by atoms with Gasteiger partial charge in [0.25, 0.3) is 0 Å². The summed E-state index contributed by atoms with van der Waals surface area (Å²) >= 11 is 0. The summed E-state index contributed by atoms with van der Waals surface area (Å²) in [4.78, 5) is 8.52. The summed E-state index contributed by atoms with van der Waals surface area (Å²) < 4.78 is 4.98. The summed E-state index contributed by atoms with van der Waals surface area (Å²) in [6.45, 7) is 4.62. The Balaban J connectivity index is 2.31. The maximum absolute atomic E-state index is 4.98. The van der Waals surface area contributed by atoms with Crippen LogP contribution in [0.3, 0.4) is 0 Å². The van der Waals surface area contributed by atoms with E-state index in [1.54, 1.807) is 13.1 Å². The Morgan fingerprint density at radius 1 is 1.44 bits per heavy atom. The molecule has 2 rings (SSSR count). The van der Waals surface area contributed by atoms with Gasteiger partial charge in [0.05, 0.1) is 5.69 Å². The lowest BCUT2D eigenvalue weighted by atomic mass is 10.2. The summed E-state index contributed by atoms with van der Waals surface area (Å²) in [6, 6.07) is 5.66. The number of hydrogen-bond donors (Lipinski definition) is 1. The molecule has 0 aliphatic rings. The van der Waals surface area contributed by atoms with Crippen molar-refractivity contribution >= 4 is 0 Å². The van der Waals surface area contributed by atoms with Gasteiger partial charge in [0.15, 0.2) is 5.82 Å². The van der Waals surface area contributed by atoms with E-state index in [0.717, 1.165) is 12.2 Å². The fraction of sp³-hybridized carbons (Fsp3) is 0.364. The van der Waals surface area contributed by atoms with E-state index >= 15 is 0 Å². The van der Waals surface area contributed by atoms with E-state index in [1.807, 2.05) is 25.1 Å². The van der Waals surface area contributed by atoms with Crippen molar-refractivity contribution in [3.05, 3.63) is 41.8 Å². The molecule has 0 saturated carbocycles. The molecule has 1 N–H and O–H groups in total. The average Bonchev–Trinajstić information content (AvgIpc) is 2.74. The van der Waals surface area contributed by atoms with Gasteiger partial charge in [0.1, 0.15) is 6.04 Å². The van der Waals surface area contributed by atoms with Crippen LogP contribution in [-0.2, 0) is 0 Å². The van der Waals surface area contributed by atoms with Crippen molar-refractivity contribution in [3.63, 3.8) is 0 Å². The largest absolute Gasteiger partial charge is 0.340 e. The van der Waals surface area contributed by atoms with Gasteiger partial charge in [-0.3, -0.25) is 4.98 Å². The van der Waals surface area contributed by atoms with E-state index in [9.17, 15) is 0 Å². The minimum Gasteiger partial charge on any atom is -0.340 e. The molecule has 0 fully saturated rings. The van der Waals surface area contributed by atoms with Crippen molar-refractivity contribution in [1.82, 2.24) is 20.4 Å². The van der Waals surface area contributed by atoms with Crippen LogP contribution in [0.2, 0.25) is 0 Å². The number of rotatable bonds is 4. The van der Waals surface area contributed by atoms with Crippen molar-refractivity contribution in [2.75, 3.05) is 6.54 Å². The smallest absolute Gasteiger partial charge is 0.223 e. The molecule has 5 nitrogen and oxygen atoms in total. The predicted molar refractivity (Wildman–Crippen MR) is 58.8 cm³/mol. The van der Waals surface area contributed by atoms with Crippen LogP contribution in [-0.4, -0.2) is 21.7 Å². The van der Waals surface area contributed by atoms with Gasteiger partial charge in [-0.1, -0.05) is 18.1 Å². The lowest BCUT2D eigenvalue weighted by Crippen LogP contribution is -2.23. The first-order valence-corrected chi connectivity index (χ1v) is 5.25. The van der Waals surface area contributed by atoms with E-state index in [4.69, 9.17) is 4.52 Å². The van der Waals surface area contributed by atoms with Crippen molar-refractivity contribution in [2.24, 2.45) is 0 Å². The Hall–Kier alpha value is -1.75. The molecule has 0 aromatic carbocycles. The lowest BCUT2D eigenvalue weighted by Gasteiger charge is -2.12. The zero-order valence-corrected chi connectivity index (χ0v) is 9.34. The van der Waals surface area contributed by atoms with Crippen LogP contribution in [0.15, 0.2) is 28.9 Å². The highest BCUT2D eigenvalue weighted by Gasteiger charge is 2.19. The van der Waals surface area contributed by atoms with Crippen molar-refractivity contribution in [2.45, 2.75) is 19.9 Å². The van der Waals surface area contributed by atoms with Crippen LogP contribution < -0.4 is 5.32 Å². The molecular weight excluding hydrogens is 204 g/mol. The minimum atomic E-state index is -0.108. The molecule has 2 aromatic rings. The molecule has 0 spiro atoms. The van der Waals surface area contributed by atoms with Crippen LogP contribution in [0.1, 0.15) is 30.4 Å². The van der Waals surface area contributed by atoms with Crippen LogP contribution in [0.5, 0.6) is 0 Å². The fourth-order valence-electron chi connectivity index (χ4n) is 1.51. The van der Waals surface area contributed by atoms with Gasteiger partial charge in [-0.15, -0.1) is 0 Å². The highest BCUT2D eigenvalue weighted by molar-refractivity contribution is 5.16. The Bertz CT molecular complexity index is 440. The van der Waals surface area contributed by atoms with Gasteiger partial charge in [0.2, 0.25) is 5.89 Å². The Kier molecular flexibility index (Phi) is 3.26. The molecule has 2 aromatic heterocycles. The molecule has 0 amide bonds. The minimum absolute atomic E-state index is 0.108. The summed E-state index contributed by atoms with van der Waals surface area (Å²) in [5.74, 6) is 1.19. The second-order valence-corrected chi connectivity index (χ2v) is 3.42. The lowest BCUT2D eigenvalue weighted by molar-refractivity contribution is 0.381. The maximum atomic E-state index is 4.98. The summed E-state index contributed by atoms with van der Waals surface area (Å²) in [5.41, 5.74) is 0.894. The monoisotopic (exact) mass is 218 g/mol. The molecule has 2 heterocycles. The van der Waals surface area contributed by atoms with Gasteiger partial charge < -0.3 is 9.84 Å². The van der Waals surface area contributed by atoms with E-state index in [-0.39, 0.29) is 6.04 Å². The summed E-state index contributed by atoms with van der Waals surface area (Å²) in [6.07, 6.45) is 1.76. The van der Waals surface area contributed by atoms with E-state index in [2.05, 4.69) is 20.4 Å². The number of hydrogen-bond acceptors (Lipinski definition) is 5. The third-order valence-electron chi connectivity index (χ3n) is 2.19. The van der Waals surface area contributed by atoms with E-state index in [1.165, 1.54) is 0 Å². The summed E-state index contributed by atoms with van der Waals surface area (Å²) in [5, 5.41) is 7.20. The third kappa shape index (κ3) is 2.25. The predicted octanol–water partition coefficient (Wildman–Crippen LogP) is 1.47. The van der Waals surface area contributed by atoms with Crippen molar-refractivity contribution < 1.29 is 4.52 Å². The van der Waals surface area contributed by atoms with Gasteiger partial charge in [-0.2, -0.15) is 4.98 Å². The molecule has 5 heteroatoms. The fourth-order valence-corrected chi connectivity index (χ4v) is 1.51. The standard InChI is InChI=1S/C11H14N4O/c1-3-12-10(9-6-4-5-7-13-9)11-14-8(2)16-15-11/h4-7,10,12H,3H2,1-2H3. The van der Waals surface area contributed by atoms with Gasteiger partial charge in [-0.25, -0.2) is 0 Å². The van der Waals surface area contributed by atoms with Crippen LogP contribution >= 0.6 is 0 Å². The number of nitrogens with one attached hydrogen (secondary N) is 1. The molecular formula is C11H14N4O. The van der Waals surface area contributed by atoms with E-state index < -0.39 is 0 Å². The van der Waals surface area contributed by atoms with E-state index in [0.29, 0.717) is 11.7 Å². The summed E-state index contributed by atoms with van der Waals surface area (Å²) in [7, 11) is 0. The molecule has 1 unspecified atom stereocenters. The van der Waals surface area contributed by atoms with Gasteiger partial charge in [-0.05, 0) is 18.7 Å². The van der Waals surface area contributed by atoms with Crippen molar-refractivity contribution in [3.8, 4) is 0 Å². The molecule has 0 saturated heterocycles. The van der Waals surface area contributed by atoms with Crippen LogP contribution in [0.4, 0.5) is 0 Å². The number of pyridine rings is 1. The molecule has 0 bridgehead atoms. The highest BCUT2D eigenvalue weighted by atomic mass is 16.5. The Morgan fingerprint density at radius 3 is 2.88 bits per heavy atom. The topological polar surface area (TPSA) is 63.8 Å². The third-order valence-corrected chi connectivity index (χ3v) is 2.19. The molecule has 16 heavy (non-hydrogen) atoms. The van der Waals surface area contributed by atoms with Crippen molar-refractivity contribution in [1.29, 1.82) is 0 Å². The quantitative estimate of drug-likeness (QED) is 0.842. The first-order valence-electron chi connectivity index (χ1n) is 5.25. The molecule has 0 radical (unpaired) electrons. The first kappa shape index (κ1) is 10.8. The van der Waals surface area contributed by atoms with Crippen LogP contribution in [0.25, 0.3) is 0 Å². The number of aromatic nitrogens is 3. The Morgan fingerprint density at radius 2 is 2.31 bits per heavy atom. The molecule has 84 valence electrons. The zero-order valence-electron chi connectivity index (χ0n) is 9.34. The Labute approximate surface area is 93.9 Å². The second kappa shape index (κ2) is 4.85. The van der Waals surface area contributed by atoms with Crippen LogP contribution in [0, 0.1) is 6.92 Å². The SMILES string of the molecule is CCNC(c1ccccn1)c1noc(C)n1. The molecule has 0 aliphatic carbocycles. The van der Waals surface area contributed by atoms with Gasteiger partial charge >= 0.3 is 0 Å². The normalized spacial score (nSPS) is 12.6. The first-order chi connectivity index (χ1) is 7.81. The molecule has 0 aliphatic heterocycles. The zero-order chi connectivity index (χ0) is 11.4. The molecule has 1 atom stereocenters. The maximum Gasteiger partial charge on any atom is 0.223 e. The second-order valence-electron chi connectivity index (χ2n) is 3.42. The highest BCUT2D eigenvalue weighted by Crippen LogP contribution is 2.16. The number of aryl methyl sites for hydroxylation is 1. The van der Waals surface area contributed by atoms with Gasteiger partial charge in [0, 0.05) is 13.1 Å². The average molecular weight is 218 g/mol.